The van der Waals surface area contributed by atoms with Crippen LogP contribution >= 0.6 is 11.6 Å². The number of carbonyl (C=O) groups excluding carboxylic acids is 1. The molecule has 21 heavy (non-hydrogen) atoms. The third kappa shape index (κ3) is 2.58. The van der Waals surface area contributed by atoms with Crippen LogP contribution in [0.5, 0.6) is 0 Å². The van der Waals surface area contributed by atoms with Gasteiger partial charge in [-0.25, -0.2) is 0 Å². The fourth-order valence-corrected chi connectivity index (χ4v) is 2.39. The Hall–Kier alpha value is -2.46. The molecule has 0 saturated heterocycles. The third-order valence-corrected chi connectivity index (χ3v) is 3.48. The number of para-hydroxylation sites is 1. The van der Waals surface area contributed by atoms with E-state index >= 15 is 0 Å². The molecular weight excluding hydrogens is 286 g/mol. The topological polar surface area (TPSA) is 45.0 Å². The van der Waals surface area contributed by atoms with Crippen molar-refractivity contribution in [2.24, 2.45) is 10.2 Å². The van der Waals surface area contributed by atoms with Crippen molar-refractivity contribution in [1.29, 1.82) is 0 Å². The van der Waals surface area contributed by atoms with Gasteiger partial charge >= 0.3 is 0 Å². The average Bonchev–Trinajstić information content (AvgIpc) is 2.73. The number of nitrogens with zero attached hydrogens (tertiary/aromatic N) is 3. The maximum absolute atomic E-state index is 12.2. The van der Waals surface area contributed by atoms with Gasteiger partial charge in [0.05, 0.1) is 11.9 Å². The maximum atomic E-state index is 12.2. The van der Waals surface area contributed by atoms with Gasteiger partial charge in [0.15, 0.2) is 5.71 Å². The minimum Gasteiger partial charge on any atom is -0.309 e. The van der Waals surface area contributed by atoms with E-state index in [4.69, 9.17) is 11.6 Å². The molecule has 0 radical (unpaired) electrons. The van der Waals surface area contributed by atoms with Gasteiger partial charge in [0.2, 0.25) is 0 Å². The van der Waals surface area contributed by atoms with Crippen LogP contribution in [0.2, 0.25) is 5.02 Å². The molecular formula is C16H12ClN3O. The van der Waals surface area contributed by atoms with Crippen molar-refractivity contribution in [2.45, 2.75) is 0 Å². The number of hydrogen-bond donors (Lipinski definition) is 0. The molecule has 3 rings (SSSR count). The second-order valence-corrected chi connectivity index (χ2v) is 5.07. The van der Waals surface area contributed by atoms with E-state index in [1.54, 1.807) is 30.3 Å². The second-order valence-electron chi connectivity index (χ2n) is 4.63. The summed E-state index contributed by atoms with van der Waals surface area (Å²) in [4.78, 5) is 13.7. The second kappa shape index (κ2) is 5.50. The number of likely N-dealkylation sites (N-methyl/N-ethyl adjacent to an activating group) is 1. The molecule has 1 aliphatic rings. The van der Waals surface area contributed by atoms with Crippen molar-refractivity contribution in [3.63, 3.8) is 0 Å². The van der Waals surface area contributed by atoms with Crippen molar-refractivity contribution >= 4 is 35.1 Å². The minimum atomic E-state index is -0.153. The Kier molecular flexibility index (Phi) is 3.54. The molecule has 5 heteroatoms. The van der Waals surface area contributed by atoms with E-state index < -0.39 is 0 Å². The molecule has 1 amide bonds. The predicted octanol–water partition coefficient (Wildman–Crippen LogP) is 3.14. The molecule has 1 aliphatic heterocycles. The van der Waals surface area contributed by atoms with E-state index in [1.165, 1.54) is 0 Å². The number of halogens is 1. The van der Waals surface area contributed by atoms with Gasteiger partial charge in [0.25, 0.3) is 5.91 Å². The van der Waals surface area contributed by atoms with E-state index in [0.29, 0.717) is 10.7 Å². The Balaban J connectivity index is 1.92. The molecule has 0 aliphatic carbocycles. The zero-order valence-corrected chi connectivity index (χ0v) is 12.1. The number of carbonyl (C=O) groups is 1. The summed E-state index contributed by atoms with van der Waals surface area (Å²) in [5.74, 6) is -0.153. The summed E-state index contributed by atoms with van der Waals surface area (Å²) < 4.78 is 0. The maximum Gasteiger partial charge on any atom is 0.279 e. The fourth-order valence-electron chi connectivity index (χ4n) is 2.19. The third-order valence-electron chi connectivity index (χ3n) is 3.24. The van der Waals surface area contributed by atoms with Crippen molar-refractivity contribution in [3.05, 3.63) is 64.7 Å². The summed E-state index contributed by atoms with van der Waals surface area (Å²) in [6, 6.07) is 14.8. The average molecular weight is 298 g/mol. The number of benzene rings is 2. The number of fused-ring (bicyclic) bond motifs is 1. The van der Waals surface area contributed by atoms with Crippen LogP contribution in [-0.4, -0.2) is 24.9 Å². The minimum absolute atomic E-state index is 0.153. The van der Waals surface area contributed by atoms with Crippen LogP contribution in [0.3, 0.4) is 0 Å². The number of rotatable bonds is 2. The lowest BCUT2D eigenvalue weighted by Crippen LogP contribution is -2.25. The molecule has 104 valence electrons. The van der Waals surface area contributed by atoms with Crippen molar-refractivity contribution in [3.8, 4) is 0 Å². The molecule has 0 atom stereocenters. The lowest BCUT2D eigenvalue weighted by atomic mass is 10.1. The van der Waals surface area contributed by atoms with Gasteiger partial charge in [-0.15, -0.1) is 5.10 Å². The lowest BCUT2D eigenvalue weighted by Gasteiger charge is -2.07. The van der Waals surface area contributed by atoms with E-state index in [9.17, 15) is 4.79 Å². The van der Waals surface area contributed by atoms with Gasteiger partial charge in [0.1, 0.15) is 0 Å². The standard InChI is InChI=1S/C16H12ClN3O/c1-20-14-8-3-2-7-13(14)15(16(20)21)19-18-10-11-5-4-6-12(17)9-11/h2-10H,1H3/b18-10-,19-15+. The zero-order chi connectivity index (χ0) is 14.8. The SMILES string of the molecule is CN1C(=O)/C(=N/N=C\c2cccc(Cl)c2)c2ccccc21. The monoisotopic (exact) mass is 297 g/mol. The fraction of sp³-hybridized carbons (Fsp3) is 0.0625. The highest BCUT2D eigenvalue weighted by molar-refractivity contribution is 6.54. The van der Waals surface area contributed by atoms with Crippen molar-refractivity contribution in [1.82, 2.24) is 0 Å². The molecule has 0 saturated carbocycles. The number of anilines is 1. The highest BCUT2D eigenvalue weighted by Gasteiger charge is 2.30. The summed E-state index contributed by atoms with van der Waals surface area (Å²) in [5.41, 5.74) is 2.83. The van der Waals surface area contributed by atoms with E-state index in [1.807, 2.05) is 36.4 Å². The number of amides is 1. The molecule has 2 aromatic rings. The van der Waals surface area contributed by atoms with Crippen LogP contribution < -0.4 is 4.90 Å². The van der Waals surface area contributed by atoms with Crippen LogP contribution in [0, 0.1) is 0 Å². The van der Waals surface area contributed by atoms with E-state index in [2.05, 4.69) is 10.2 Å². The molecule has 0 bridgehead atoms. The van der Waals surface area contributed by atoms with Gasteiger partial charge < -0.3 is 4.90 Å². The summed E-state index contributed by atoms with van der Waals surface area (Å²) >= 11 is 5.90. The molecule has 4 nitrogen and oxygen atoms in total. The first-order valence-corrected chi connectivity index (χ1v) is 6.78. The molecule has 1 heterocycles. The van der Waals surface area contributed by atoms with Crippen LogP contribution in [0.25, 0.3) is 0 Å². The summed E-state index contributed by atoms with van der Waals surface area (Å²) in [5, 5.41) is 8.71. The van der Waals surface area contributed by atoms with Crippen LogP contribution in [0.15, 0.2) is 58.7 Å². The Morgan fingerprint density at radius 3 is 2.76 bits per heavy atom. The van der Waals surface area contributed by atoms with Crippen LogP contribution in [0.4, 0.5) is 5.69 Å². The van der Waals surface area contributed by atoms with Gasteiger partial charge in [-0.2, -0.15) is 5.10 Å². The largest absolute Gasteiger partial charge is 0.309 e. The van der Waals surface area contributed by atoms with Gasteiger partial charge in [-0.1, -0.05) is 41.9 Å². The summed E-state index contributed by atoms with van der Waals surface area (Å²) in [6.07, 6.45) is 1.58. The molecule has 0 aromatic heterocycles. The summed E-state index contributed by atoms with van der Waals surface area (Å²) in [6.45, 7) is 0. The first kappa shape index (κ1) is 13.5. The molecule has 2 aromatic carbocycles. The van der Waals surface area contributed by atoms with Crippen molar-refractivity contribution < 1.29 is 4.79 Å². The molecule has 0 N–H and O–H groups in total. The van der Waals surface area contributed by atoms with Crippen LogP contribution in [-0.2, 0) is 4.79 Å². The normalized spacial score (nSPS) is 16.0. The van der Waals surface area contributed by atoms with Gasteiger partial charge in [-0.05, 0) is 23.8 Å². The Morgan fingerprint density at radius 1 is 1.14 bits per heavy atom. The predicted molar refractivity (Wildman–Crippen MR) is 85.4 cm³/mol. The smallest absolute Gasteiger partial charge is 0.279 e. The highest BCUT2D eigenvalue weighted by Crippen LogP contribution is 2.27. The summed E-state index contributed by atoms with van der Waals surface area (Å²) in [7, 11) is 1.73. The Bertz CT molecular complexity index is 768. The Morgan fingerprint density at radius 2 is 1.95 bits per heavy atom. The first-order chi connectivity index (χ1) is 10.2. The first-order valence-electron chi connectivity index (χ1n) is 6.41. The van der Waals surface area contributed by atoms with Gasteiger partial charge in [-0.3, -0.25) is 4.79 Å². The quantitative estimate of drug-likeness (QED) is 0.620. The van der Waals surface area contributed by atoms with Crippen molar-refractivity contribution in [2.75, 3.05) is 11.9 Å². The number of hydrogen-bond acceptors (Lipinski definition) is 3. The Labute approximate surface area is 127 Å². The molecule has 0 fully saturated rings. The highest BCUT2D eigenvalue weighted by atomic mass is 35.5. The lowest BCUT2D eigenvalue weighted by molar-refractivity contribution is -0.111. The molecule has 0 unspecified atom stereocenters. The van der Waals surface area contributed by atoms with E-state index in [0.717, 1.165) is 16.8 Å². The van der Waals surface area contributed by atoms with Gasteiger partial charge in [0, 0.05) is 17.6 Å². The zero-order valence-electron chi connectivity index (χ0n) is 11.3. The van der Waals surface area contributed by atoms with Crippen LogP contribution in [0.1, 0.15) is 11.1 Å². The van der Waals surface area contributed by atoms with E-state index in [-0.39, 0.29) is 5.91 Å². The molecule has 0 spiro atoms.